The Kier molecular flexibility index (Phi) is 5.85. The van der Waals surface area contributed by atoms with Crippen molar-refractivity contribution in [1.29, 1.82) is 0 Å². The standard InChI is InChI=1S/C15H21ClN2O4/c1-2-3-10-8-18(7-6-14(19)20)9-11(10)17-15(21)12-4-5-13(16)22-12/h4-5,10-11H,2-3,6-9H2,1H3,(H,17,21)(H,19,20)/t10-,11-/m1/s1. The average Bonchev–Trinajstić information content (AvgIpc) is 3.04. The van der Waals surface area contributed by atoms with Crippen LogP contribution in [0, 0.1) is 5.92 Å². The van der Waals surface area contributed by atoms with Crippen LogP contribution in [0.5, 0.6) is 0 Å². The van der Waals surface area contributed by atoms with E-state index in [0.29, 0.717) is 19.0 Å². The van der Waals surface area contributed by atoms with Crippen molar-refractivity contribution in [1.82, 2.24) is 10.2 Å². The molecule has 22 heavy (non-hydrogen) atoms. The molecule has 1 aliphatic rings. The van der Waals surface area contributed by atoms with Gasteiger partial charge in [-0.1, -0.05) is 13.3 Å². The Balaban J connectivity index is 1.94. The molecule has 6 nitrogen and oxygen atoms in total. The fourth-order valence-electron chi connectivity index (χ4n) is 2.90. The van der Waals surface area contributed by atoms with Crippen molar-refractivity contribution in [2.24, 2.45) is 5.92 Å². The predicted molar refractivity (Wildman–Crippen MR) is 82.1 cm³/mol. The van der Waals surface area contributed by atoms with Crippen molar-refractivity contribution in [2.45, 2.75) is 32.2 Å². The number of nitrogens with zero attached hydrogens (tertiary/aromatic N) is 1. The lowest BCUT2D eigenvalue weighted by atomic mass is 9.98. The van der Waals surface area contributed by atoms with E-state index in [4.69, 9.17) is 21.1 Å². The Morgan fingerprint density at radius 2 is 2.23 bits per heavy atom. The molecular weight excluding hydrogens is 308 g/mol. The minimum atomic E-state index is -0.801. The highest BCUT2D eigenvalue weighted by Gasteiger charge is 2.33. The van der Waals surface area contributed by atoms with Crippen LogP contribution in [0.1, 0.15) is 36.7 Å². The average molecular weight is 329 g/mol. The van der Waals surface area contributed by atoms with E-state index in [1.165, 1.54) is 6.07 Å². The van der Waals surface area contributed by atoms with Gasteiger partial charge in [-0.3, -0.25) is 9.59 Å². The third-order valence-electron chi connectivity index (χ3n) is 3.93. The van der Waals surface area contributed by atoms with E-state index in [-0.39, 0.29) is 29.3 Å². The van der Waals surface area contributed by atoms with Crippen molar-refractivity contribution in [3.8, 4) is 0 Å². The Morgan fingerprint density at radius 3 is 2.82 bits per heavy atom. The van der Waals surface area contributed by atoms with Crippen LogP contribution in [0.3, 0.4) is 0 Å². The largest absolute Gasteiger partial charge is 0.481 e. The first-order chi connectivity index (χ1) is 10.5. The quantitative estimate of drug-likeness (QED) is 0.802. The number of carboxylic acids is 1. The third kappa shape index (κ3) is 4.48. The molecule has 1 amide bonds. The molecule has 2 N–H and O–H groups in total. The highest BCUT2D eigenvalue weighted by Crippen LogP contribution is 2.23. The SMILES string of the molecule is CCC[C@@H]1CN(CCC(=O)O)C[C@H]1NC(=O)c1ccc(Cl)o1. The van der Waals surface area contributed by atoms with E-state index in [0.717, 1.165) is 19.4 Å². The van der Waals surface area contributed by atoms with Gasteiger partial charge in [0.15, 0.2) is 11.0 Å². The maximum absolute atomic E-state index is 12.2. The van der Waals surface area contributed by atoms with Crippen LogP contribution < -0.4 is 5.32 Å². The Bertz CT molecular complexity index is 531. The van der Waals surface area contributed by atoms with Gasteiger partial charge in [0.2, 0.25) is 0 Å². The topological polar surface area (TPSA) is 82.8 Å². The summed E-state index contributed by atoms with van der Waals surface area (Å²) in [5.74, 6) is -0.555. The van der Waals surface area contributed by atoms with Gasteiger partial charge >= 0.3 is 5.97 Å². The van der Waals surface area contributed by atoms with Crippen molar-refractivity contribution < 1.29 is 19.1 Å². The Labute approximate surface area is 134 Å². The molecule has 1 fully saturated rings. The number of furan rings is 1. The van der Waals surface area contributed by atoms with Gasteiger partial charge in [0.25, 0.3) is 5.91 Å². The number of rotatable bonds is 7. The van der Waals surface area contributed by atoms with E-state index < -0.39 is 5.97 Å². The lowest BCUT2D eigenvalue weighted by molar-refractivity contribution is -0.137. The Hall–Kier alpha value is -1.53. The number of halogens is 1. The maximum Gasteiger partial charge on any atom is 0.304 e. The molecule has 1 saturated heterocycles. The van der Waals surface area contributed by atoms with Crippen LogP contribution in [0.2, 0.25) is 5.22 Å². The molecule has 1 aromatic rings. The van der Waals surface area contributed by atoms with Crippen LogP contribution >= 0.6 is 11.6 Å². The van der Waals surface area contributed by atoms with Crippen molar-refractivity contribution >= 4 is 23.5 Å². The molecule has 0 aromatic carbocycles. The lowest BCUT2D eigenvalue weighted by Gasteiger charge is -2.18. The van der Waals surface area contributed by atoms with Crippen LogP contribution in [0.15, 0.2) is 16.5 Å². The molecule has 2 atom stereocenters. The summed E-state index contributed by atoms with van der Waals surface area (Å²) in [5, 5.41) is 11.9. The van der Waals surface area contributed by atoms with Gasteiger partial charge in [0.05, 0.1) is 6.42 Å². The number of carboxylic acid groups (broad SMARTS) is 1. The number of likely N-dealkylation sites (tertiary alicyclic amines) is 1. The van der Waals surface area contributed by atoms with Gasteiger partial charge < -0.3 is 19.7 Å². The van der Waals surface area contributed by atoms with Crippen LogP contribution in [-0.2, 0) is 4.79 Å². The minimum absolute atomic E-state index is 0.00474. The number of hydrogen-bond donors (Lipinski definition) is 2. The number of amides is 1. The van der Waals surface area contributed by atoms with E-state index >= 15 is 0 Å². The zero-order chi connectivity index (χ0) is 16.1. The number of carbonyl (C=O) groups is 2. The van der Waals surface area contributed by atoms with Crippen LogP contribution in [0.25, 0.3) is 0 Å². The van der Waals surface area contributed by atoms with Crippen molar-refractivity contribution in [3.63, 3.8) is 0 Å². The first-order valence-electron chi connectivity index (χ1n) is 7.50. The second kappa shape index (κ2) is 7.65. The molecule has 7 heteroatoms. The fraction of sp³-hybridized carbons (Fsp3) is 0.600. The third-order valence-corrected chi connectivity index (χ3v) is 4.13. The number of aliphatic carboxylic acids is 1. The highest BCUT2D eigenvalue weighted by atomic mass is 35.5. The van der Waals surface area contributed by atoms with Crippen molar-refractivity contribution in [3.05, 3.63) is 23.1 Å². The highest BCUT2D eigenvalue weighted by molar-refractivity contribution is 6.29. The molecule has 0 spiro atoms. The molecule has 122 valence electrons. The summed E-state index contributed by atoms with van der Waals surface area (Å²) in [6.07, 6.45) is 2.14. The molecule has 1 aliphatic heterocycles. The van der Waals surface area contributed by atoms with Crippen LogP contribution in [0.4, 0.5) is 0 Å². The van der Waals surface area contributed by atoms with Gasteiger partial charge in [-0.25, -0.2) is 0 Å². The van der Waals surface area contributed by atoms with E-state index in [9.17, 15) is 9.59 Å². The lowest BCUT2D eigenvalue weighted by Crippen LogP contribution is -2.40. The summed E-state index contributed by atoms with van der Waals surface area (Å²) < 4.78 is 5.12. The number of hydrogen-bond acceptors (Lipinski definition) is 4. The minimum Gasteiger partial charge on any atom is -0.481 e. The Morgan fingerprint density at radius 1 is 1.45 bits per heavy atom. The zero-order valence-electron chi connectivity index (χ0n) is 12.5. The second-order valence-corrected chi connectivity index (χ2v) is 6.01. The van der Waals surface area contributed by atoms with Crippen molar-refractivity contribution in [2.75, 3.05) is 19.6 Å². The first-order valence-corrected chi connectivity index (χ1v) is 7.87. The van der Waals surface area contributed by atoms with Gasteiger partial charge in [-0.2, -0.15) is 0 Å². The molecule has 2 rings (SSSR count). The second-order valence-electron chi connectivity index (χ2n) is 5.64. The summed E-state index contributed by atoms with van der Waals surface area (Å²) in [7, 11) is 0. The zero-order valence-corrected chi connectivity index (χ0v) is 13.3. The van der Waals surface area contributed by atoms with Crippen LogP contribution in [-0.4, -0.2) is 47.6 Å². The van der Waals surface area contributed by atoms with E-state index in [2.05, 4.69) is 17.1 Å². The smallest absolute Gasteiger partial charge is 0.304 e. The molecule has 0 saturated carbocycles. The predicted octanol–water partition coefficient (Wildman–Crippen LogP) is 2.24. The monoisotopic (exact) mass is 328 g/mol. The molecule has 1 aromatic heterocycles. The summed E-state index contributed by atoms with van der Waals surface area (Å²) in [4.78, 5) is 24.9. The van der Waals surface area contributed by atoms with Gasteiger partial charge in [-0.05, 0) is 36.1 Å². The van der Waals surface area contributed by atoms with Gasteiger partial charge in [0, 0.05) is 25.7 Å². The van der Waals surface area contributed by atoms with Gasteiger partial charge in [-0.15, -0.1) is 0 Å². The molecule has 0 unspecified atom stereocenters. The summed E-state index contributed by atoms with van der Waals surface area (Å²) in [6.45, 7) is 4.09. The normalized spacial score (nSPS) is 21.9. The first kappa shape index (κ1) is 16.8. The summed E-state index contributed by atoms with van der Waals surface area (Å²) in [5.41, 5.74) is 0. The van der Waals surface area contributed by atoms with E-state index in [1.54, 1.807) is 6.07 Å². The molecule has 0 radical (unpaired) electrons. The fourth-order valence-corrected chi connectivity index (χ4v) is 3.05. The maximum atomic E-state index is 12.2. The van der Waals surface area contributed by atoms with Gasteiger partial charge in [0.1, 0.15) is 0 Å². The molecular formula is C15H21ClN2O4. The number of nitrogens with one attached hydrogen (secondary N) is 1. The molecule has 0 aliphatic carbocycles. The number of carbonyl (C=O) groups excluding carboxylic acids is 1. The summed E-state index contributed by atoms with van der Waals surface area (Å²) >= 11 is 5.68. The molecule has 0 bridgehead atoms. The molecule has 2 heterocycles. The summed E-state index contributed by atoms with van der Waals surface area (Å²) in [6, 6.07) is 3.09. The van der Waals surface area contributed by atoms with E-state index in [1.807, 2.05) is 0 Å².